The van der Waals surface area contributed by atoms with E-state index in [9.17, 15) is 4.21 Å². The van der Waals surface area contributed by atoms with Crippen LogP contribution in [0.5, 0.6) is 0 Å². The molecule has 2 unspecified atom stereocenters. The van der Waals surface area contributed by atoms with Gasteiger partial charge in [0, 0.05) is 25.7 Å². The van der Waals surface area contributed by atoms with Crippen molar-refractivity contribution in [2.75, 3.05) is 19.6 Å². The van der Waals surface area contributed by atoms with Gasteiger partial charge in [-0.1, -0.05) is 0 Å². The molecule has 60 valence electrons. The van der Waals surface area contributed by atoms with Crippen LogP contribution in [0.1, 0.15) is 6.92 Å². The fourth-order valence-corrected chi connectivity index (χ4v) is 1.68. The second-order valence-corrected chi connectivity index (χ2v) is 3.36. The summed E-state index contributed by atoms with van der Waals surface area (Å²) in [5.74, 6) is 0. The van der Waals surface area contributed by atoms with Crippen molar-refractivity contribution in [3.8, 4) is 0 Å². The number of hydrogen-bond acceptors (Lipinski definition) is 2. The minimum absolute atomic E-state index is 0.166. The Balaban J connectivity index is 2.47. The predicted octanol–water partition coefficient (Wildman–Crippen LogP) is -0.583. The standard InChI is InChI=1S/C5H12N2O2S/c1-5-4-6-2-3-7(5)10(8)9/h5-6H,2-4H2,1H3,(H,8,9). The smallest absolute Gasteiger partial charge is 0.234 e. The van der Waals surface area contributed by atoms with Gasteiger partial charge in [0.1, 0.15) is 0 Å². The molecule has 1 aliphatic heterocycles. The topological polar surface area (TPSA) is 52.6 Å². The molecule has 0 bridgehead atoms. The second-order valence-electron chi connectivity index (χ2n) is 2.42. The highest BCUT2D eigenvalue weighted by atomic mass is 32.2. The highest BCUT2D eigenvalue weighted by Gasteiger charge is 2.21. The summed E-state index contributed by atoms with van der Waals surface area (Å²) in [6.07, 6.45) is 0. The van der Waals surface area contributed by atoms with E-state index in [1.165, 1.54) is 0 Å². The Kier molecular flexibility index (Phi) is 2.79. The fraction of sp³-hybridized carbons (Fsp3) is 1.00. The summed E-state index contributed by atoms with van der Waals surface area (Å²) in [6, 6.07) is 0.166. The van der Waals surface area contributed by atoms with E-state index in [0.717, 1.165) is 13.1 Å². The lowest BCUT2D eigenvalue weighted by atomic mass is 10.3. The highest BCUT2D eigenvalue weighted by Crippen LogP contribution is 2.03. The Hall–Kier alpha value is 0.0300. The molecule has 0 saturated carbocycles. The van der Waals surface area contributed by atoms with Crippen LogP contribution in [0.25, 0.3) is 0 Å². The zero-order chi connectivity index (χ0) is 7.56. The molecule has 0 aromatic carbocycles. The molecule has 0 aromatic rings. The average molecular weight is 164 g/mol. The summed E-state index contributed by atoms with van der Waals surface area (Å²) in [5.41, 5.74) is 0. The van der Waals surface area contributed by atoms with Crippen LogP contribution in [0.3, 0.4) is 0 Å². The zero-order valence-corrected chi connectivity index (χ0v) is 6.73. The van der Waals surface area contributed by atoms with Crippen LogP contribution in [-0.4, -0.2) is 38.7 Å². The van der Waals surface area contributed by atoms with Gasteiger partial charge in [0.25, 0.3) is 0 Å². The van der Waals surface area contributed by atoms with E-state index >= 15 is 0 Å². The van der Waals surface area contributed by atoms with E-state index < -0.39 is 11.3 Å². The largest absolute Gasteiger partial charge is 0.314 e. The monoisotopic (exact) mass is 164 g/mol. The van der Waals surface area contributed by atoms with Gasteiger partial charge in [-0.3, -0.25) is 4.55 Å². The fourth-order valence-electron chi connectivity index (χ4n) is 1.05. The van der Waals surface area contributed by atoms with Crippen LogP contribution >= 0.6 is 0 Å². The molecule has 0 amide bonds. The minimum atomic E-state index is -1.79. The van der Waals surface area contributed by atoms with Crippen LogP contribution in [0.2, 0.25) is 0 Å². The first-order valence-electron chi connectivity index (χ1n) is 3.30. The van der Waals surface area contributed by atoms with E-state index in [4.69, 9.17) is 4.55 Å². The van der Waals surface area contributed by atoms with Crippen LogP contribution < -0.4 is 5.32 Å². The van der Waals surface area contributed by atoms with Gasteiger partial charge < -0.3 is 5.32 Å². The molecule has 10 heavy (non-hydrogen) atoms. The van der Waals surface area contributed by atoms with Crippen LogP contribution in [0.15, 0.2) is 0 Å². The molecule has 0 aromatic heterocycles. The molecule has 1 fully saturated rings. The van der Waals surface area contributed by atoms with Crippen molar-refractivity contribution in [1.29, 1.82) is 0 Å². The van der Waals surface area contributed by atoms with Gasteiger partial charge in [0.15, 0.2) is 0 Å². The predicted molar refractivity (Wildman–Crippen MR) is 39.8 cm³/mol. The normalized spacial score (nSPS) is 32.0. The summed E-state index contributed by atoms with van der Waals surface area (Å²) in [5, 5.41) is 3.13. The maximum absolute atomic E-state index is 10.6. The van der Waals surface area contributed by atoms with E-state index in [2.05, 4.69) is 5.32 Å². The van der Waals surface area contributed by atoms with Gasteiger partial charge in [-0.15, -0.1) is 0 Å². The molecule has 1 heterocycles. The Bertz CT molecular complexity index is 142. The average Bonchev–Trinajstić information content (AvgIpc) is 1.88. The molecule has 5 heteroatoms. The highest BCUT2D eigenvalue weighted by molar-refractivity contribution is 7.76. The van der Waals surface area contributed by atoms with E-state index in [-0.39, 0.29) is 6.04 Å². The maximum atomic E-state index is 10.6. The third-order valence-corrected chi connectivity index (χ3v) is 2.58. The van der Waals surface area contributed by atoms with Crippen LogP contribution in [0.4, 0.5) is 0 Å². The first-order valence-corrected chi connectivity index (χ1v) is 4.36. The van der Waals surface area contributed by atoms with Gasteiger partial charge in [-0.25, -0.2) is 4.21 Å². The maximum Gasteiger partial charge on any atom is 0.234 e. The summed E-state index contributed by atoms with van der Waals surface area (Å²) < 4.78 is 20.9. The van der Waals surface area contributed by atoms with Gasteiger partial charge in [0.05, 0.1) is 0 Å². The second kappa shape index (κ2) is 3.43. The number of nitrogens with zero attached hydrogens (tertiary/aromatic N) is 1. The lowest BCUT2D eigenvalue weighted by Crippen LogP contribution is -2.50. The number of rotatable bonds is 1. The first kappa shape index (κ1) is 8.13. The molecule has 1 rings (SSSR count). The van der Waals surface area contributed by atoms with Gasteiger partial charge in [-0.2, -0.15) is 4.31 Å². The molecular weight excluding hydrogens is 152 g/mol. The van der Waals surface area contributed by atoms with Crippen molar-refractivity contribution in [3.63, 3.8) is 0 Å². The van der Waals surface area contributed by atoms with E-state index in [1.807, 2.05) is 6.92 Å². The van der Waals surface area contributed by atoms with Crippen molar-refractivity contribution >= 4 is 11.3 Å². The molecule has 1 saturated heterocycles. The van der Waals surface area contributed by atoms with Crippen LogP contribution in [0, 0.1) is 0 Å². The van der Waals surface area contributed by atoms with Crippen LogP contribution in [-0.2, 0) is 11.3 Å². The van der Waals surface area contributed by atoms with E-state index in [1.54, 1.807) is 4.31 Å². The van der Waals surface area contributed by atoms with Crippen molar-refractivity contribution < 1.29 is 8.76 Å². The quantitative estimate of drug-likeness (QED) is 0.510. The molecule has 4 nitrogen and oxygen atoms in total. The summed E-state index contributed by atoms with van der Waals surface area (Å²) in [6.45, 7) is 4.19. The van der Waals surface area contributed by atoms with Gasteiger partial charge >= 0.3 is 0 Å². The van der Waals surface area contributed by atoms with Crippen molar-refractivity contribution in [2.24, 2.45) is 0 Å². The Labute approximate surface area is 63.0 Å². The first-order chi connectivity index (χ1) is 4.72. The molecule has 2 atom stereocenters. The molecule has 0 spiro atoms. The third kappa shape index (κ3) is 1.76. The number of hydrogen-bond donors (Lipinski definition) is 2. The van der Waals surface area contributed by atoms with Gasteiger partial charge in [-0.05, 0) is 6.92 Å². The Morgan fingerprint density at radius 2 is 2.50 bits per heavy atom. The summed E-state index contributed by atoms with van der Waals surface area (Å²) in [7, 11) is 0. The number of nitrogens with one attached hydrogen (secondary N) is 1. The lowest BCUT2D eigenvalue weighted by Gasteiger charge is -2.29. The Morgan fingerprint density at radius 3 is 2.90 bits per heavy atom. The molecular formula is C5H12N2O2S. The molecule has 0 radical (unpaired) electrons. The van der Waals surface area contributed by atoms with Crippen molar-refractivity contribution in [3.05, 3.63) is 0 Å². The van der Waals surface area contributed by atoms with Gasteiger partial charge in [0.2, 0.25) is 11.3 Å². The molecule has 1 aliphatic rings. The minimum Gasteiger partial charge on any atom is -0.314 e. The Morgan fingerprint density at radius 1 is 1.80 bits per heavy atom. The lowest BCUT2D eigenvalue weighted by molar-refractivity contribution is 0.278. The summed E-state index contributed by atoms with van der Waals surface area (Å²) >= 11 is -1.79. The summed E-state index contributed by atoms with van der Waals surface area (Å²) in [4.78, 5) is 0. The third-order valence-electron chi connectivity index (χ3n) is 1.64. The number of piperazine rings is 1. The molecule has 0 aliphatic carbocycles. The molecule has 2 N–H and O–H groups in total. The van der Waals surface area contributed by atoms with Crippen molar-refractivity contribution in [1.82, 2.24) is 9.62 Å². The van der Waals surface area contributed by atoms with E-state index in [0.29, 0.717) is 6.54 Å². The zero-order valence-electron chi connectivity index (χ0n) is 5.91. The SMILES string of the molecule is CC1CNCCN1S(=O)O. The van der Waals surface area contributed by atoms with Crippen molar-refractivity contribution in [2.45, 2.75) is 13.0 Å².